The molecule has 1 saturated heterocycles. The fraction of sp³-hybridized carbons (Fsp3) is 0.321. The number of amides is 1. The highest BCUT2D eigenvalue weighted by molar-refractivity contribution is 7.52. The fourth-order valence-electron chi connectivity index (χ4n) is 8.99. The summed E-state index contributed by atoms with van der Waals surface area (Å²) in [5, 5.41) is 2.67. The zero-order valence-electron chi connectivity index (χ0n) is 40.4. The lowest BCUT2D eigenvalue weighted by atomic mass is 9.80. The molecule has 0 saturated carbocycles. The Hall–Kier alpha value is -6.27. The zero-order valence-corrected chi connectivity index (χ0v) is 42.7. The van der Waals surface area contributed by atoms with E-state index < -0.39 is 58.7 Å². The number of imidazole rings is 1. The quantitative estimate of drug-likeness (QED) is 0.0246. The average molecular weight is 1000 g/mol. The number of nitrogens with one attached hydrogen (secondary N) is 2. The number of ether oxygens (including phenoxy) is 6. The molecule has 1 aliphatic rings. The largest absolute Gasteiger partial charge is 0.497 e. The Bertz CT molecular complexity index is 2840. The van der Waals surface area contributed by atoms with Crippen LogP contribution >= 0.6 is 7.60 Å². The predicted octanol–water partition coefficient (Wildman–Crippen LogP) is 7.62. The van der Waals surface area contributed by atoms with Gasteiger partial charge in [0.1, 0.15) is 35.4 Å². The third-order valence-electron chi connectivity index (χ3n) is 12.6. The molecule has 7 aromatic rings. The molecule has 372 valence electrons. The van der Waals surface area contributed by atoms with Gasteiger partial charge in [-0.15, -0.1) is 0 Å². The molecule has 18 heteroatoms. The van der Waals surface area contributed by atoms with Gasteiger partial charge in [0.2, 0.25) is 11.9 Å². The molecule has 5 aromatic carbocycles. The second kappa shape index (κ2) is 23.3. The lowest BCUT2D eigenvalue weighted by molar-refractivity contribution is -0.118. The molecule has 0 aliphatic carbocycles. The van der Waals surface area contributed by atoms with Crippen LogP contribution in [0.4, 0.5) is 5.95 Å². The van der Waals surface area contributed by atoms with E-state index in [1.165, 1.54) is 18.0 Å². The van der Waals surface area contributed by atoms with Crippen molar-refractivity contribution in [2.75, 3.05) is 52.6 Å². The lowest BCUT2D eigenvalue weighted by Gasteiger charge is -2.37. The Morgan fingerprint density at radius 2 is 1.38 bits per heavy atom. The van der Waals surface area contributed by atoms with Gasteiger partial charge in [0.05, 0.1) is 40.4 Å². The highest BCUT2D eigenvalue weighted by Gasteiger charge is 2.52. The van der Waals surface area contributed by atoms with Gasteiger partial charge in [-0.3, -0.25) is 33.5 Å². The maximum Gasteiger partial charge on any atom is 0.328 e. The number of anilines is 1. The summed E-state index contributed by atoms with van der Waals surface area (Å²) in [5.74, 6) is 0.423. The number of carbonyl (C=O) groups is 1. The second-order valence-corrected chi connectivity index (χ2v) is 21.6. The van der Waals surface area contributed by atoms with Gasteiger partial charge in [-0.25, -0.2) is 4.98 Å². The third-order valence-corrected chi connectivity index (χ3v) is 16.9. The molecule has 2 aromatic heterocycles. The van der Waals surface area contributed by atoms with E-state index in [-0.39, 0.29) is 54.5 Å². The minimum atomic E-state index is -4.43. The second-order valence-electron chi connectivity index (χ2n) is 17.5. The molecule has 1 unspecified atom stereocenters. The summed E-state index contributed by atoms with van der Waals surface area (Å²) in [5.41, 5.74) is 2.80. The maximum atomic E-state index is 14.7. The van der Waals surface area contributed by atoms with Crippen molar-refractivity contribution in [2.24, 2.45) is 5.92 Å². The van der Waals surface area contributed by atoms with E-state index in [1.54, 1.807) is 28.1 Å². The standard InChI is InChI=1S/C53H60N5O11PSi/c1-35(2)49(59)56-52-55-48-44(50(60)57-52)54-34-58(48)51-46(66-30-29-63-3)45(69-70(61,62)31-32-71-47(36-15-9-6-10-16-36)37-17-11-7-12-18-37)43(68-51)33-67-53(38-19-13-8-14-20-38,39-21-25-41(64-4)26-22-39)40-23-27-42(65-5)28-24-40/h6-28,34-35,43,45-47,51H,29-33,71H2,1-5H3,(H,61,62)(H2,55,56,57,59,60)/t43-,45-,46-,51-/m1/s1. The van der Waals surface area contributed by atoms with E-state index in [2.05, 4.69) is 44.5 Å². The molecular formula is C53H60N5O11PSi. The first kappa shape index (κ1) is 51.1. The molecule has 1 aliphatic heterocycles. The van der Waals surface area contributed by atoms with E-state index in [4.69, 9.17) is 32.9 Å². The van der Waals surface area contributed by atoms with Crippen LogP contribution in [0, 0.1) is 5.92 Å². The van der Waals surface area contributed by atoms with Crippen molar-refractivity contribution in [3.05, 3.63) is 184 Å². The minimum absolute atomic E-state index is 0.0322. The molecule has 0 bridgehead atoms. The summed E-state index contributed by atoms with van der Waals surface area (Å²) < 4.78 is 60.1. The van der Waals surface area contributed by atoms with Gasteiger partial charge in [0.25, 0.3) is 5.56 Å². The van der Waals surface area contributed by atoms with Crippen molar-refractivity contribution in [1.29, 1.82) is 0 Å². The number of fused-ring (bicyclic) bond motifs is 1. The Balaban J connectivity index is 1.20. The van der Waals surface area contributed by atoms with Crippen molar-refractivity contribution in [1.82, 2.24) is 19.5 Å². The van der Waals surface area contributed by atoms with Crippen LogP contribution < -0.4 is 20.3 Å². The van der Waals surface area contributed by atoms with E-state index >= 15 is 0 Å². The summed E-state index contributed by atoms with van der Waals surface area (Å²) in [6.07, 6.45) is -3.33. The van der Waals surface area contributed by atoms with Gasteiger partial charge in [0.15, 0.2) is 17.4 Å². The molecule has 1 fully saturated rings. The number of H-pyrrole nitrogens is 1. The van der Waals surface area contributed by atoms with Gasteiger partial charge in [0, 0.05) is 28.7 Å². The Morgan fingerprint density at radius 1 is 0.817 bits per heavy atom. The molecule has 3 N–H and O–H groups in total. The van der Waals surface area contributed by atoms with Crippen LogP contribution in [0.3, 0.4) is 0 Å². The van der Waals surface area contributed by atoms with Gasteiger partial charge < -0.3 is 33.3 Å². The number of carbonyl (C=O) groups excluding carboxylic acids is 1. The van der Waals surface area contributed by atoms with E-state index in [0.29, 0.717) is 17.5 Å². The Kier molecular flexibility index (Phi) is 16.8. The predicted molar refractivity (Wildman–Crippen MR) is 273 cm³/mol. The average Bonchev–Trinajstić information content (AvgIpc) is 3.97. The van der Waals surface area contributed by atoms with Crippen molar-refractivity contribution in [2.45, 2.75) is 55.6 Å². The number of aromatic nitrogens is 4. The highest BCUT2D eigenvalue weighted by atomic mass is 31.2. The van der Waals surface area contributed by atoms with Crippen LogP contribution in [0.15, 0.2) is 151 Å². The van der Waals surface area contributed by atoms with Crippen LogP contribution in [-0.4, -0.2) is 105 Å². The lowest BCUT2D eigenvalue weighted by Crippen LogP contribution is -2.41. The number of aromatic amines is 1. The van der Waals surface area contributed by atoms with Gasteiger partial charge in [-0.2, -0.15) is 4.98 Å². The van der Waals surface area contributed by atoms with Crippen LogP contribution in [0.25, 0.3) is 11.2 Å². The molecule has 0 spiro atoms. The number of hydrogen-bond donors (Lipinski definition) is 3. The number of nitrogens with zero attached hydrogens (tertiary/aromatic N) is 3. The summed E-state index contributed by atoms with van der Waals surface area (Å²) in [4.78, 5) is 49.9. The molecular weight excluding hydrogens is 942 g/mol. The number of methoxy groups -OCH3 is 3. The first-order valence-corrected chi connectivity index (χ1v) is 27.1. The molecule has 3 heterocycles. The van der Waals surface area contributed by atoms with Crippen LogP contribution in [-0.2, 0) is 38.4 Å². The number of benzene rings is 5. The number of hydrogen-bond acceptors (Lipinski definition) is 12. The molecule has 16 nitrogen and oxygen atoms in total. The van der Waals surface area contributed by atoms with Crippen LogP contribution in [0.5, 0.6) is 11.5 Å². The SMILES string of the molecule is COCCO[C@@H]1[C@H](OP(=O)(O)CC[SiH2]C(c2ccccc2)c2ccccc2)[C@@H](COC(c2ccccc2)(c2ccc(OC)cc2)c2ccc(OC)cc2)O[C@H]1n1cnc2c(=O)[nH]c(NC(=O)C(C)C)nc21. The molecule has 0 radical (unpaired) electrons. The van der Waals surface area contributed by atoms with E-state index in [1.807, 2.05) is 115 Å². The maximum absolute atomic E-state index is 14.7. The summed E-state index contributed by atoms with van der Waals surface area (Å²) in [6, 6.07) is 45.7. The Labute approximate surface area is 415 Å². The third kappa shape index (κ3) is 11.8. The Morgan fingerprint density at radius 3 is 1.93 bits per heavy atom. The van der Waals surface area contributed by atoms with Gasteiger partial charge >= 0.3 is 7.60 Å². The molecule has 1 amide bonds. The van der Waals surface area contributed by atoms with Gasteiger partial charge in [-0.1, -0.05) is 135 Å². The minimum Gasteiger partial charge on any atom is -0.497 e. The normalized spacial score (nSPS) is 18.1. The number of rotatable bonds is 23. The van der Waals surface area contributed by atoms with Crippen LogP contribution in [0.1, 0.15) is 53.4 Å². The topological polar surface area (TPSA) is 195 Å². The van der Waals surface area contributed by atoms with Gasteiger partial charge in [-0.05, 0) is 57.6 Å². The van der Waals surface area contributed by atoms with Crippen molar-refractivity contribution >= 4 is 40.1 Å². The first-order chi connectivity index (χ1) is 34.4. The van der Waals surface area contributed by atoms with Crippen molar-refractivity contribution in [3.63, 3.8) is 0 Å². The summed E-state index contributed by atoms with van der Waals surface area (Å²) >= 11 is 0. The molecule has 8 rings (SSSR count). The molecule has 71 heavy (non-hydrogen) atoms. The first-order valence-electron chi connectivity index (χ1n) is 23.6. The van der Waals surface area contributed by atoms with Crippen LogP contribution in [0.2, 0.25) is 6.04 Å². The fourth-order valence-corrected chi connectivity index (χ4v) is 13.7. The summed E-state index contributed by atoms with van der Waals surface area (Å²) in [6.45, 7) is 3.42. The van der Waals surface area contributed by atoms with Crippen molar-refractivity contribution in [3.8, 4) is 11.5 Å². The van der Waals surface area contributed by atoms with Crippen molar-refractivity contribution < 1.29 is 47.2 Å². The van der Waals surface area contributed by atoms with E-state index in [0.717, 1.165) is 27.8 Å². The highest BCUT2D eigenvalue weighted by Crippen LogP contribution is 2.50. The smallest absolute Gasteiger partial charge is 0.328 e. The zero-order chi connectivity index (χ0) is 50.0. The monoisotopic (exact) mass is 1000 g/mol. The molecule has 5 atom stereocenters. The summed E-state index contributed by atoms with van der Waals surface area (Å²) in [7, 11) is -0.749. The van der Waals surface area contributed by atoms with E-state index in [9.17, 15) is 19.0 Å².